The van der Waals surface area contributed by atoms with Crippen LogP contribution in [0.4, 0.5) is 20.3 Å². The molecule has 0 amide bonds. The summed E-state index contributed by atoms with van der Waals surface area (Å²) in [5.74, 6) is -1.74. The number of nitrogens with zero attached hydrogens (tertiary/aromatic N) is 3. The van der Waals surface area contributed by atoms with Gasteiger partial charge in [-0.3, -0.25) is 0 Å². The lowest BCUT2D eigenvalue weighted by molar-refractivity contribution is -0.0514. The third-order valence-corrected chi connectivity index (χ3v) is 5.73. The third-order valence-electron chi connectivity index (χ3n) is 5.73. The molecule has 0 radical (unpaired) electrons. The zero-order valence-electron chi connectivity index (χ0n) is 21.0. The minimum atomic E-state index is -2.88. The van der Waals surface area contributed by atoms with E-state index in [2.05, 4.69) is 21.9 Å². The Labute approximate surface area is 200 Å². The highest BCUT2D eigenvalue weighted by Gasteiger charge is 2.35. The molecular formula is C27H34F2N4O. The van der Waals surface area contributed by atoms with Crippen LogP contribution in [0.2, 0.25) is 0 Å². The molecule has 0 saturated heterocycles. The number of alkyl halides is 2. The van der Waals surface area contributed by atoms with Gasteiger partial charge in [0.2, 0.25) is 0 Å². The summed E-state index contributed by atoms with van der Waals surface area (Å²) in [5.41, 5.74) is 1.83. The molecular weight excluding hydrogens is 434 g/mol. The fourth-order valence-electron chi connectivity index (χ4n) is 3.56. The van der Waals surface area contributed by atoms with Crippen molar-refractivity contribution in [3.8, 4) is 5.75 Å². The van der Waals surface area contributed by atoms with Crippen molar-refractivity contribution < 1.29 is 13.5 Å². The molecule has 5 nitrogen and oxygen atoms in total. The Balaban J connectivity index is 1.99. The fourth-order valence-corrected chi connectivity index (χ4v) is 3.56. The summed E-state index contributed by atoms with van der Waals surface area (Å²) in [6, 6.07) is 10.4. The number of halogens is 2. The Morgan fingerprint density at radius 3 is 2.47 bits per heavy atom. The molecule has 0 saturated carbocycles. The van der Waals surface area contributed by atoms with E-state index in [-0.39, 0.29) is 5.56 Å². The van der Waals surface area contributed by atoms with Crippen LogP contribution in [0.1, 0.15) is 44.6 Å². The Morgan fingerprint density at radius 1 is 1.15 bits per heavy atom. The zero-order valence-corrected chi connectivity index (χ0v) is 21.0. The standard InChI is InChI=1S/C27H34F2N4O/c1-9-26(5,6)34-24-15-22-21(14-23(24)33(7)8)25(32-18(4)31-22)30-16-19-11-10-12-20(13-19)27(28,29)17(2)3/h9-15,17H,1,16H2,2-8H3,(H,30,31,32). The van der Waals surface area contributed by atoms with Gasteiger partial charge in [-0.25, -0.2) is 18.7 Å². The van der Waals surface area contributed by atoms with Crippen LogP contribution in [0.3, 0.4) is 0 Å². The number of anilines is 2. The summed E-state index contributed by atoms with van der Waals surface area (Å²) in [4.78, 5) is 11.2. The number of benzene rings is 2. The van der Waals surface area contributed by atoms with Gasteiger partial charge in [-0.2, -0.15) is 0 Å². The van der Waals surface area contributed by atoms with Crippen molar-refractivity contribution in [2.24, 2.45) is 5.92 Å². The first-order valence-corrected chi connectivity index (χ1v) is 11.4. The Kier molecular flexibility index (Phi) is 7.15. The Hall–Kier alpha value is -3.22. The first-order chi connectivity index (χ1) is 15.8. The predicted molar refractivity (Wildman–Crippen MR) is 136 cm³/mol. The molecule has 2 aromatic carbocycles. The summed E-state index contributed by atoms with van der Waals surface area (Å²) in [5, 5.41) is 4.15. The lowest BCUT2D eigenvalue weighted by atomic mass is 9.96. The number of aryl methyl sites for hydroxylation is 1. The van der Waals surface area contributed by atoms with Crippen molar-refractivity contribution in [3.63, 3.8) is 0 Å². The predicted octanol–water partition coefficient (Wildman–Crippen LogP) is 6.71. The van der Waals surface area contributed by atoms with Crippen LogP contribution in [0.25, 0.3) is 10.9 Å². The van der Waals surface area contributed by atoms with E-state index in [0.29, 0.717) is 23.9 Å². The summed E-state index contributed by atoms with van der Waals surface area (Å²) in [6.45, 7) is 13.0. The molecule has 182 valence electrons. The summed E-state index contributed by atoms with van der Waals surface area (Å²) >= 11 is 0. The molecule has 0 spiro atoms. The van der Waals surface area contributed by atoms with E-state index >= 15 is 0 Å². The van der Waals surface area contributed by atoms with E-state index in [0.717, 1.165) is 22.2 Å². The minimum Gasteiger partial charge on any atom is -0.482 e. The van der Waals surface area contributed by atoms with Crippen molar-refractivity contribution in [2.75, 3.05) is 24.3 Å². The highest BCUT2D eigenvalue weighted by molar-refractivity contribution is 5.94. The molecule has 3 aromatic rings. The molecule has 1 N–H and O–H groups in total. The number of hydrogen-bond donors (Lipinski definition) is 1. The van der Waals surface area contributed by atoms with Crippen LogP contribution in [0.15, 0.2) is 49.1 Å². The Bertz CT molecular complexity index is 1190. The van der Waals surface area contributed by atoms with Crippen molar-refractivity contribution in [1.29, 1.82) is 0 Å². The average molecular weight is 469 g/mol. The molecule has 3 rings (SSSR count). The summed E-state index contributed by atoms with van der Waals surface area (Å²) in [7, 11) is 3.88. The van der Waals surface area contributed by atoms with Gasteiger partial charge >= 0.3 is 0 Å². The monoisotopic (exact) mass is 468 g/mol. The van der Waals surface area contributed by atoms with E-state index in [9.17, 15) is 8.78 Å². The Morgan fingerprint density at radius 2 is 1.85 bits per heavy atom. The third kappa shape index (κ3) is 5.46. The van der Waals surface area contributed by atoms with Crippen LogP contribution >= 0.6 is 0 Å². The number of hydrogen-bond acceptors (Lipinski definition) is 5. The largest absolute Gasteiger partial charge is 0.482 e. The smallest absolute Gasteiger partial charge is 0.275 e. The highest BCUT2D eigenvalue weighted by atomic mass is 19.3. The maximum atomic E-state index is 14.5. The number of nitrogens with one attached hydrogen (secondary N) is 1. The molecule has 0 aliphatic heterocycles. The molecule has 0 unspecified atom stereocenters. The maximum absolute atomic E-state index is 14.5. The van der Waals surface area contributed by atoms with Crippen LogP contribution in [0.5, 0.6) is 5.75 Å². The fraction of sp³-hybridized carbons (Fsp3) is 0.407. The SMILES string of the molecule is C=CC(C)(C)Oc1cc2nc(C)nc(NCc3cccc(C(F)(F)C(C)C)c3)c2cc1N(C)C. The van der Waals surface area contributed by atoms with Crippen molar-refractivity contribution in [1.82, 2.24) is 9.97 Å². The molecule has 0 bridgehead atoms. The van der Waals surface area contributed by atoms with Crippen molar-refractivity contribution in [3.05, 3.63) is 66.0 Å². The number of fused-ring (bicyclic) bond motifs is 1. The lowest BCUT2D eigenvalue weighted by Gasteiger charge is -2.27. The summed E-state index contributed by atoms with van der Waals surface area (Å²) in [6.07, 6.45) is 1.76. The van der Waals surface area contributed by atoms with Crippen LogP contribution in [-0.2, 0) is 12.5 Å². The van der Waals surface area contributed by atoms with E-state index < -0.39 is 17.4 Å². The second kappa shape index (κ2) is 9.57. The lowest BCUT2D eigenvalue weighted by Crippen LogP contribution is -2.26. The van der Waals surface area contributed by atoms with E-state index in [4.69, 9.17) is 4.74 Å². The van der Waals surface area contributed by atoms with Gasteiger partial charge < -0.3 is 15.0 Å². The first-order valence-electron chi connectivity index (χ1n) is 11.4. The summed E-state index contributed by atoms with van der Waals surface area (Å²) < 4.78 is 35.3. The molecule has 7 heteroatoms. The van der Waals surface area contributed by atoms with Gasteiger partial charge in [-0.1, -0.05) is 38.6 Å². The molecule has 0 aliphatic carbocycles. The topological polar surface area (TPSA) is 50.3 Å². The highest BCUT2D eigenvalue weighted by Crippen LogP contribution is 2.37. The molecule has 34 heavy (non-hydrogen) atoms. The molecule has 0 fully saturated rings. The van der Waals surface area contributed by atoms with Gasteiger partial charge in [0, 0.05) is 43.6 Å². The van der Waals surface area contributed by atoms with Gasteiger partial charge in [0.1, 0.15) is 23.0 Å². The first kappa shape index (κ1) is 25.4. The molecule has 0 atom stereocenters. The van der Waals surface area contributed by atoms with Crippen molar-refractivity contribution >= 4 is 22.4 Å². The second-order valence-electron chi connectivity index (χ2n) is 9.59. The molecule has 1 heterocycles. The van der Waals surface area contributed by atoms with Crippen molar-refractivity contribution in [2.45, 2.75) is 52.7 Å². The van der Waals surface area contributed by atoms with Gasteiger partial charge in [-0.15, -0.1) is 0 Å². The zero-order chi connectivity index (χ0) is 25.3. The molecule has 0 aliphatic rings. The second-order valence-corrected chi connectivity index (χ2v) is 9.59. The minimum absolute atomic E-state index is 0.0204. The quantitative estimate of drug-likeness (QED) is 0.354. The number of rotatable bonds is 9. The van der Waals surface area contributed by atoms with Gasteiger partial charge in [0.05, 0.1) is 11.2 Å². The van der Waals surface area contributed by atoms with E-state index in [1.807, 2.05) is 58.0 Å². The normalized spacial score (nSPS) is 12.2. The molecule has 1 aromatic heterocycles. The maximum Gasteiger partial charge on any atom is 0.275 e. The van der Waals surface area contributed by atoms with Gasteiger partial charge in [0.15, 0.2) is 0 Å². The van der Waals surface area contributed by atoms with Crippen LogP contribution < -0.4 is 15.0 Å². The van der Waals surface area contributed by atoms with E-state index in [1.54, 1.807) is 18.2 Å². The van der Waals surface area contributed by atoms with E-state index in [1.165, 1.54) is 19.9 Å². The van der Waals surface area contributed by atoms with Crippen LogP contribution in [0, 0.1) is 12.8 Å². The van der Waals surface area contributed by atoms with Crippen LogP contribution in [-0.4, -0.2) is 29.7 Å². The van der Waals surface area contributed by atoms with Gasteiger partial charge in [0.25, 0.3) is 5.92 Å². The number of aromatic nitrogens is 2. The average Bonchev–Trinajstić information content (AvgIpc) is 2.76. The van der Waals surface area contributed by atoms with Gasteiger partial charge in [-0.05, 0) is 44.5 Å². The number of ether oxygens (including phenoxy) is 1.